The Kier molecular flexibility index (Phi) is 4.72. The lowest BCUT2D eigenvalue weighted by Gasteiger charge is -2.10. The summed E-state index contributed by atoms with van der Waals surface area (Å²) in [5.41, 5.74) is 0.677. The van der Waals surface area contributed by atoms with Crippen LogP contribution in [-0.2, 0) is 20.4 Å². The molecule has 136 valence electrons. The monoisotopic (exact) mass is 354 g/mol. The van der Waals surface area contributed by atoms with E-state index < -0.39 is 22.8 Å². The molecule has 0 saturated heterocycles. The van der Waals surface area contributed by atoms with Gasteiger partial charge in [-0.15, -0.1) is 0 Å². The lowest BCUT2D eigenvalue weighted by molar-refractivity contribution is -0.141. The fourth-order valence-electron chi connectivity index (χ4n) is 3.17. The van der Waals surface area contributed by atoms with Gasteiger partial charge in [0.2, 0.25) is 0 Å². The van der Waals surface area contributed by atoms with Crippen LogP contribution in [0, 0.1) is 0 Å². The van der Waals surface area contributed by atoms with E-state index in [0.29, 0.717) is 0 Å². The van der Waals surface area contributed by atoms with Crippen molar-refractivity contribution in [2.45, 2.75) is 36.5 Å². The van der Waals surface area contributed by atoms with Crippen LogP contribution < -0.4 is 4.74 Å². The van der Waals surface area contributed by atoms with Crippen LogP contribution in [0.25, 0.3) is 0 Å². The van der Waals surface area contributed by atoms with Crippen molar-refractivity contribution in [1.82, 2.24) is 0 Å². The fraction of sp³-hybridized carbons (Fsp3) is 0.333. The predicted octanol–water partition coefficient (Wildman–Crippen LogP) is 3.61. The van der Waals surface area contributed by atoms with Gasteiger partial charge in [0.25, 0.3) is 0 Å². The topological polar surface area (TPSA) is 83.8 Å². The minimum Gasteiger partial charge on any atom is -0.497 e. The SMILES string of the molecule is COc1ccc(C2(C(=O)O)CC2)cc1.O=C(O)C1(c2ccccc2)CC1. The molecule has 0 aliphatic heterocycles. The Hall–Kier alpha value is -2.82. The highest BCUT2D eigenvalue weighted by Gasteiger charge is 2.52. The second kappa shape index (κ2) is 6.83. The molecule has 0 spiro atoms. The second-order valence-electron chi connectivity index (χ2n) is 6.87. The van der Waals surface area contributed by atoms with Crippen LogP contribution in [0.1, 0.15) is 36.8 Å². The van der Waals surface area contributed by atoms with E-state index in [0.717, 1.165) is 42.6 Å². The second-order valence-corrected chi connectivity index (χ2v) is 6.87. The molecule has 0 atom stereocenters. The number of ether oxygens (including phenoxy) is 1. The van der Waals surface area contributed by atoms with Crippen LogP contribution in [0.5, 0.6) is 5.75 Å². The van der Waals surface area contributed by atoms with Crippen LogP contribution in [0.2, 0.25) is 0 Å². The van der Waals surface area contributed by atoms with Gasteiger partial charge in [-0.1, -0.05) is 42.5 Å². The Morgan fingerprint density at radius 1 is 0.769 bits per heavy atom. The number of methoxy groups -OCH3 is 1. The standard InChI is InChI=1S/C11H12O3.C10H10O2/c1-14-9-4-2-8(3-5-9)11(6-7-11)10(12)13;11-9(12)10(6-7-10)8-4-2-1-3-5-8/h2-5H,6-7H2,1H3,(H,12,13);1-5H,6-7H2,(H,11,12). The molecule has 2 fully saturated rings. The minimum atomic E-state index is -0.720. The van der Waals surface area contributed by atoms with Gasteiger partial charge >= 0.3 is 11.9 Å². The van der Waals surface area contributed by atoms with E-state index in [1.807, 2.05) is 42.5 Å². The van der Waals surface area contributed by atoms with Crippen molar-refractivity contribution in [3.8, 4) is 5.75 Å². The highest BCUT2D eigenvalue weighted by molar-refractivity contribution is 5.85. The van der Waals surface area contributed by atoms with Crippen LogP contribution in [0.4, 0.5) is 0 Å². The van der Waals surface area contributed by atoms with E-state index in [9.17, 15) is 9.59 Å². The van der Waals surface area contributed by atoms with Gasteiger partial charge in [0.15, 0.2) is 0 Å². The third-order valence-electron chi connectivity index (χ3n) is 5.29. The molecule has 2 aliphatic rings. The molecule has 0 radical (unpaired) electrons. The Labute approximate surface area is 152 Å². The van der Waals surface area contributed by atoms with Gasteiger partial charge < -0.3 is 14.9 Å². The van der Waals surface area contributed by atoms with E-state index in [1.165, 1.54) is 0 Å². The number of hydrogen-bond acceptors (Lipinski definition) is 3. The number of carboxylic acid groups (broad SMARTS) is 2. The molecule has 0 aromatic heterocycles. The maximum atomic E-state index is 11.0. The molecule has 5 heteroatoms. The van der Waals surface area contributed by atoms with Gasteiger partial charge in [-0.2, -0.15) is 0 Å². The number of rotatable bonds is 5. The van der Waals surface area contributed by atoms with Crippen molar-refractivity contribution in [2.24, 2.45) is 0 Å². The summed E-state index contributed by atoms with van der Waals surface area (Å²) in [6.07, 6.45) is 3.06. The van der Waals surface area contributed by atoms with Gasteiger partial charge in [-0.3, -0.25) is 9.59 Å². The molecule has 2 N–H and O–H groups in total. The number of benzene rings is 2. The highest BCUT2D eigenvalue weighted by Crippen LogP contribution is 2.49. The van der Waals surface area contributed by atoms with Gasteiger partial charge in [-0.25, -0.2) is 0 Å². The van der Waals surface area contributed by atoms with Gasteiger partial charge in [-0.05, 0) is 48.9 Å². The summed E-state index contributed by atoms with van der Waals surface area (Å²) >= 11 is 0. The highest BCUT2D eigenvalue weighted by atomic mass is 16.5. The average molecular weight is 354 g/mol. The van der Waals surface area contributed by atoms with E-state index in [-0.39, 0.29) is 0 Å². The third kappa shape index (κ3) is 3.29. The summed E-state index contributed by atoms with van der Waals surface area (Å²) in [6, 6.07) is 16.7. The smallest absolute Gasteiger partial charge is 0.314 e. The number of aliphatic carboxylic acids is 2. The summed E-state index contributed by atoms with van der Waals surface area (Å²) in [5, 5.41) is 18.0. The minimum absolute atomic E-state index is 0.540. The van der Waals surface area contributed by atoms with Gasteiger partial charge in [0, 0.05) is 0 Å². The maximum absolute atomic E-state index is 11.0. The molecule has 4 rings (SSSR count). The zero-order chi connectivity index (χ0) is 18.8. The van der Waals surface area contributed by atoms with Crippen LogP contribution >= 0.6 is 0 Å². The largest absolute Gasteiger partial charge is 0.497 e. The first kappa shape index (κ1) is 18.0. The summed E-state index contributed by atoms with van der Waals surface area (Å²) in [6.45, 7) is 0. The average Bonchev–Trinajstić information content (AvgIpc) is 3.57. The molecule has 2 aliphatic carbocycles. The molecular formula is C21H22O5. The fourth-order valence-corrected chi connectivity index (χ4v) is 3.17. The first-order valence-electron chi connectivity index (χ1n) is 8.61. The molecule has 2 aromatic rings. The summed E-state index contributed by atoms with van der Waals surface area (Å²) in [7, 11) is 1.60. The molecule has 0 bridgehead atoms. The molecule has 0 heterocycles. The molecule has 0 amide bonds. The molecule has 5 nitrogen and oxygen atoms in total. The molecule has 0 unspecified atom stereocenters. The molecular weight excluding hydrogens is 332 g/mol. The summed E-state index contributed by atoms with van der Waals surface area (Å²) in [4.78, 5) is 21.9. The summed E-state index contributed by atoms with van der Waals surface area (Å²) < 4.78 is 5.02. The van der Waals surface area contributed by atoms with Crippen molar-refractivity contribution in [2.75, 3.05) is 7.11 Å². The third-order valence-corrected chi connectivity index (χ3v) is 5.29. The molecule has 2 aromatic carbocycles. The molecule has 2 saturated carbocycles. The lowest BCUT2D eigenvalue weighted by atomic mass is 9.96. The van der Waals surface area contributed by atoms with E-state index in [2.05, 4.69) is 0 Å². The van der Waals surface area contributed by atoms with E-state index in [4.69, 9.17) is 14.9 Å². The number of carboxylic acids is 2. The molecule has 26 heavy (non-hydrogen) atoms. The summed E-state index contributed by atoms with van der Waals surface area (Å²) in [5.74, 6) is -0.647. The normalized spacial score (nSPS) is 18.0. The first-order valence-corrected chi connectivity index (χ1v) is 8.61. The van der Waals surface area contributed by atoms with Crippen LogP contribution in [0.3, 0.4) is 0 Å². The Morgan fingerprint density at radius 2 is 1.19 bits per heavy atom. The number of carbonyl (C=O) groups is 2. The quantitative estimate of drug-likeness (QED) is 0.857. The zero-order valence-corrected chi connectivity index (χ0v) is 14.6. The Morgan fingerprint density at radius 3 is 1.54 bits per heavy atom. The number of hydrogen-bond donors (Lipinski definition) is 2. The maximum Gasteiger partial charge on any atom is 0.314 e. The first-order chi connectivity index (χ1) is 12.4. The van der Waals surface area contributed by atoms with Crippen molar-refractivity contribution < 1.29 is 24.5 Å². The van der Waals surface area contributed by atoms with Crippen molar-refractivity contribution in [1.29, 1.82) is 0 Å². The zero-order valence-electron chi connectivity index (χ0n) is 14.6. The van der Waals surface area contributed by atoms with Crippen molar-refractivity contribution >= 4 is 11.9 Å². The van der Waals surface area contributed by atoms with E-state index >= 15 is 0 Å². The van der Waals surface area contributed by atoms with Gasteiger partial charge in [0.05, 0.1) is 17.9 Å². The van der Waals surface area contributed by atoms with Gasteiger partial charge in [0.1, 0.15) is 5.75 Å². The Balaban J connectivity index is 0.000000152. The van der Waals surface area contributed by atoms with Crippen LogP contribution in [-0.4, -0.2) is 29.3 Å². The predicted molar refractivity (Wildman–Crippen MR) is 96.5 cm³/mol. The van der Waals surface area contributed by atoms with Crippen molar-refractivity contribution in [3.63, 3.8) is 0 Å². The van der Waals surface area contributed by atoms with Crippen LogP contribution in [0.15, 0.2) is 54.6 Å². The van der Waals surface area contributed by atoms with E-state index in [1.54, 1.807) is 19.2 Å². The van der Waals surface area contributed by atoms with Crippen molar-refractivity contribution in [3.05, 3.63) is 65.7 Å². The lowest BCUT2D eigenvalue weighted by Crippen LogP contribution is -2.19. The Bertz CT molecular complexity index is 787.